The Bertz CT molecular complexity index is 1010. The number of aromatic amines is 1. The summed E-state index contributed by atoms with van der Waals surface area (Å²) < 4.78 is 6.04. The minimum Gasteiger partial charge on any atom is -0.511 e. The lowest BCUT2D eigenvalue weighted by molar-refractivity contribution is -0.164. The number of aryl methyl sites for hydroxylation is 2. The smallest absolute Gasteiger partial charge is 0.349 e. The van der Waals surface area contributed by atoms with Gasteiger partial charge in [-0.05, 0) is 59.9 Å². The number of carbonyl (C=O) groups is 1. The SMILES string of the molecule is Cc1cc(SC2=C(O)CC(CCc3ccn[nH]3)(C(C)C)OC2=O)c(C(C)(C)C)cc1CO. The second-order valence-corrected chi connectivity index (χ2v) is 11.0. The number of thioether (sulfide) groups is 1. The Hall–Kier alpha value is -2.25. The van der Waals surface area contributed by atoms with Crippen LogP contribution in [0.2, 0.25) is 0 Å². The first-order chi connectivity index (χ1) is 15.0. The molecule has 174 valence electrons. The van der Waals surface area contributed by atoms with E-state index in [1.807, 2.05) is 39.0 Å². The number of aromatic nitrogens is 2. The van der Waals surface area contributed by atoms with Crippen molar-refractivity contribution in [2.45, 2.75) is 83.3 Å². The van der Waals surface area contributed by atoms with E-state index >= 15 is 0 Å². The summed E-state index contributed by atoms with van der Waals surface area (Å²) in [5, 5.41) is 27.6. The molecule has 0 spiro atoms. The Morgan fingerprint density at radius 1 is 1.31 bits per heavy atom. The van der Waals surface area contributed by atoms with Gasteiger partial charge in [-0.2, -0.15) is 5.10 Å². The molecule has 1 aromatic carbocycles. The van der Waals surface area contributed by atoms with Crippen LogP contribution in [0.25, 0.3) is 0 Å². The summed E-state index contributed by atoms with van der Waals surface area (Å²) in [5.41, 5.74) is 2.84. The standard InChI is InChI=1S/C25H34N2O4S/c1-15(2)25(9-7-18-8-10-26-27-18)13-20(29)22(23(30)31-25)32-21-11-16(3)17(14-28)12-19(21)24(4,5)6/h8,10-12,15,28-29H,7,9,13-14H2,1-6H3,(H,26,27). The molecule has 2 aromatic rings. The van der Waals surface area contributed by atoms with Gasteiger partial charge in [0, 0.05) is 23.2 Å². The lowest BCUT2D eigenvalue weighted by Crippen LogP contribution is -2.44. The van der Waals surface area contributed by atoms with E-state index in [-0.39, 0.29) is 35.0 Å². The Morgan fingerprint density at radius 3 is 2.56 bits per heavy atom. The van der Waals surface area contributed by atoms with Crippen LogP contribution in [0.5, 0.6) is 0 Å². The Labute approximate surface area is 194 Å². The molecule has 1 aliphatic rings. The van der Waals surface area contributed by atoms with Crippen molar-refractivity contribution in [2.24, 2.45) is 5.92 Å². The lowest BCUT2D eigenvalue weighted by Gasteiger charge is -2.40. The number of nitrogens with zero attached hydrogens (tertiary/aromatic N) is 1. The maximum Gasteiger partial charge on any atom is 0.349 e. The minimum absolute atomic E-state index is 0.0386. The summed E-state index contributed by atoms with van der Waals surface area (Å²) >= 11 is 1.25. The number of ether oxygens (including phenoxy) is 1. The van der Waals surface area contributed by atoms with Gasteiger partial charge in [-0.15, -0.1) is 0 Å². The first-order valence-corrected chi connectivity index (χ1v) is 11.8. The Morgan fingerprint density at radius 2 is 2.03 bits per heavy atom. The van der Waals surface area contributed by atoms with Crippen LogP contribution in [0.15, 0.2) is 40.0 Å². The highest BCUT2D eigenvalue weighted by molar-refractivity contribution is 8.04. The molecule has 0 aliphatic carbocycles. The van der Waals surface area contributed by atoms with Gasteiger partial charge < -0.3 is 14.9 Å². The molecule has 32 heavy (non-hydrogen) atoms. The first kappa shape index (κ1) is 24.4. The molecular formula is C25H34N2O4S. The van der Waals surface area contributed by atoms with Crippen LogP contribution in [0.3, 0.4) is 0 Å². The number of cyclic esters (lactones) is 1. The molecule has 0 bridgehead atoms. The van der Waals surface area contributed by atoms with Gasteiger partial charge in [0.15, 0.2) is 0 Å². The summed E-state index contributed by atoms with van der Waals surface area (Å²) in [6, 6.07) is 5.88. The van der Waals surface area contributed by atoms with E-state index in [9.17, 15) is 15.0 Å². The van der Waals surface area contributed by atoms with Crippen molar-refractivity contribution >= 4 is 17.7 Å². The van der Waals surface area contributed by atoms with E-state index in [2.05, 4.69) is 31.0 Å². The fourth-order valence-electron chi connectivity index (χ4n) is 4.05. The number of esters is 1. The maximum absolute atomic E-state index is 13.1. The number of nitrogens with one attached hydrogen (secondary N) is 1. The molecule has 7 heteroatoms. The number of rotatable bonds is 7. The summed E-state index contributed by atoms with van der Waals surface area (Å²) in [5.74, 6) is -0.367. The number of aliphatic hydroxyl groups excluding tert-OH is 2. The Balaban J connectivity index is 1.93. The monoisotopic (exact) mass is 458 g/mol. The largest absolute Gasteiger partial charge is 0.511 e. The molecule has 2 heterocycles. The van der Waals surface area contributed by atoms with Crippen LogP contribution in [0.4, 0.5) is 0 Å². The van der Waals surface area contributed by atoms with Crippen molar-refractivity contribution in [3.8, 4) is 0 Å². The zero-order valence-corrected chi connectivity index (χ0v) is 20.6. The third kappa shape index (κ3) is 5.04. The predicted molar refractivity (Wildman–Crippen MR) is 127 cm³/mol. The van der Waals surface area contributed by atoms with Crippen LogP contribution >= 0.6 is 11.8 Å². The molecule has 0 fully saturated rings. The van der Waals surface area contributed by atoms with Gasteiger partial charge in [0.2, 0.25) is 0 Å². The summed E-state index contributed by atoms with van der Waals surface area (Å²) in [6.07, 6.45) is 3.26. The molecular weight excluding hydrogens is 424 g/mol. The fourth-order valence-corrected chi connectivity index (χ4v) is 5.29. The lowest BCUT2D eigenvalue weighted by atomic mass is 9.80. The molecule has 6 nitrogen and oxygen atoms in total. The second kappa shape index (κ2) is 9.32. The average molecular weight is 459 g/mol. The van der Waals surface area contributed by atoms with Gasteiger partial charge in [0.05, 0.1) is 6.61 Å². The zero-order chi connectivity index (χ0) is 23.7. The molecule has 1 atom stereocenters. The topological polar surface area (TPSA) is 95.4 Å². The molecule has 0 saturated heterocycles. The summed E-state index contributed by atoms with van der Waals surface area (Å²) in [7, 11) is 0. The number of hydrogen-bond donors (Lipinski definition) is 3. The van der Waals surface area contributed by atoms with Crippen LogP contribution in [-0.4, -0.2) is 32.0 Å². The maximum atomic E-state index is 13.1. The molecule has 1 aromatic heterocycles. The van der Waals surface area contributed by atoms with Gasteiger partial charge in [0.25, 0.3) is 0 Å². The van der Waals surface area contributed by atoms with E-state index in [4.69, 9.17) is 4.74 Å². The molecule has 1 aliphatic heterocycles. The van der Waals surface area contributed by atoms with Crippen molar-refractivity contribution in [3.05, 3.63) is 57.4 Å². The fraction of sp³-hybridized carbons (Fsp3) is 0.520. The van der Waals surface area contributed by atoms with E-state index in [0.29, 0.717) is 12.8 Å². The first-order valence-electron chi connectivity index (χ1n) is 11.0. The van der Waals surface area contributed by atoms with Crippen molar-refractivity contribution in [3.63, 3.8) is 0 Å². The third-order valence-electron chi connectivity index (χ3n) is 6.27. The van der Waals surface area contributed by atoms with Crippen molar-refractivity contribution < 1.29 is 19.7 Å². The summed E-state index contributed by atoms with van der Waals surface area (Å²) in [4.78, 5) is 14.3. The molecule has 3 N–H and O–H groups in total. The molecule has 0 amide bonds. The van der Waals surface area contributed by atoms with Crippen molar-refractivity contribution in [1.29, 1.82) is 0 Å². The average Bonchev–Trinajstić information content (AvgIpc) is 3.22. The molecule has 0 radical (unpaired) electrons. The second-order valence-electron chi connectivity index (χ2n) is 9.93. The van der Waals surface area contributed by atoms with Gasteiger partial charge in [-0.1, -0.05) is 52.4 Å². The number of benzene rings is 1. The van der Waals surface area contributed by atoms with Crippen LogP contribution in [-0.2, 0) is 28.0 Å². The van der Waals surface area contributed by atoms with Gasteiger partial charge >= 0.3 is 5.97 Å². The molecule has 3 rings (SSSR count). The van der Waals surface area contributed by atoms with Crippen molar-refractivity contribution in [2.75, 3.05) is 0 Å². The van der Waals surface area contributed by atoms with Crippen LogP contribution in [0, 0.1) is 12.8 Å². The van der Waals surface area contributed by atoms with E-state index in [1.165, 1.54) is 11.8 Å². The van der Waals surface area contributed by atoms with Gasteiger partial charge in [-0.3, -0.25) is 5.10 Å². The van der Waals surface area contributed by atoms with Crippen LogP contribution < -0.4 is 0 Å². The van der Waals surface area contributed by atoms with E-state index in [1.54, 1.807) is 6.20 Å². The highest BCUT2D eigenvalue weighted by Gasteiger charge is 2.44. The molecule has 0 saturated carbocycles. The van der Waals surface area contributed by atoms with Gasteiger partial charge in [-0.25, -0.2) is 4.79 Å². The minimum atomic E-state index is -0.764. The quantitative estimate of drug-likeness (QED) is 0.485. The normalized spacial score (nSPS) is 19.6. The number of aliphatic hydroxyl groups is 2. The Kier molecular flexibility index (Phi) is 7.10. The number of H-pyrrole nitrogens is 1. The van der Waals surface area contributed by atoms with Gasteiger partial charge in [0.1, 0.15) is 16.3 Å². The summed E-state index contributed by atoms with van der Waals surface area (Å²) in [6.45, 7) is 12.2. The number of hydrogen-bond acceptors (Lipinski definition) is 6. The highest BCUT2D eigenvalue weighted by atomic mass is 32.2. The van der Waals surface area contributed by atoms with E-state index in [0.717, 1.165) is 27.3 Å². The van der Waals surface area contributed by atoms with E-state index < -0.39 is 11.6 Å². The zero-order valence-electron chi connectivity index (χ0n) is 19.8. The number of carbonyl (C=O) groups excluding carboxylic acids is 1. The molecule has 1 unspecified atom stereocenters. The van der Waals surface area contributed by atoms with Crippen molar-refractivity contribution in [1.82, 2.24) is 10.2 Å². The predicted octanol–water partition coefficient (Wildman–Crippen LogP) is 5.34. The third-order valence-corrected chi connectivity index (χ3v) is 7.43. The van der Waals surface area contributed by atoms with Crippen LogP contribution in [0.1, 0.15) is 69.8 Å². The highest BCUT2D eigenvalue weighted by Crippen LogP contribution is 2.45.